The van der Waals surface area contributed by atoms with Gasteiger partial charge in [-0.3, -0.25) is 14.4 Å². The van der Waals surface area contributed by atoms with E-state index in [0.717, 1.165) is 0 Å². The number of methoxy groups -OCH3 is 2. The number of carboxylic acid groups (broad SMARTS) is 1. The lowest BCUT2D eigenvalue weighted by atomic mass is 9.74. The van der Waals surface area contributed by atoms with Crippen LogP contribution in [0.2, 0.25) is 0 Å². The highest BCUT2D eigenvalue weighted by Gasteiger charge is 2.55. The smallest absolute Gasteiger partial charge is 0.407 e. The number of benzene rings is 1. The number of aryl methyl sites for hydroxylation is 1. The number of nitrogens with zero attached hydrogens (tertiary/aromatic N) is 2. The third-order valence-corrected chi connectivity index (χ3v) is 16.2. The summed E-state index contributed by atoms with van der Waals surface area (Å²) in [5.41, 5.74) is -4.90. The minimum Gasteiger partial charge on any atom is -0.492 e. The summed E-state index contributed by atoms with van der Waals surface area (Å²) in [6, 6.07) is 4.61. The second-order valence-corrected chi connectivity index (χ2v) is 22.2. The number of aliphatic hydroxyl groups is 3. The first-order valence-electron chi connectivity index (χ1n) is 27.0. The van der Waals surface area contributed by atoms with Gasteiger partial charge in [-0.1, -0.05) is 27.7 Å². The van der Waals surface area contributed by atoms with E-state index in [2.05, 4.69) is 10.6 Å². The fourth-order valence-corrected chi connectivity index (χ4v) is 11.4. The van der Waals surface area contributed by atoms with E-state index < -0.39 is 119 Å². The quantitative estimate of drug-likeness (QED) is 0.0913. The van der Waals surface area contributed by atoms with Crippen LogP contribution in [-0.2, 0) is 54.0 Å². The molecule has 1 amide bonds. The molecule has 0 radical (unpaired) electrons. The average molecular weight is 1090 g/mol. The number of rotatable bonds is 18. The van der Waals surface area contributed by atoms with Gasteiger partial charge in [0.05, 0.1) is 52.9 Å². The summed E-state index contributed by atoms with van der Waals surface area (Å²) >= 11 is 0. The van der Waals surface area contributed by atoms with Gasteiger partial charge in [0.15, 0.2) is 18.7 Å². The molecule has 3 fully saturated rings. The van der Waals surface area contributed by atoms with E-state index in [1.807, 2.05) is 39.8 Å². The normalized spacial score (nSPS) is 36.7. The number of cyclic esters (lactones) is 1. The summed E-state index contributed by atoms with van der Waals surface area (Å²) < 4.78 is 58.6. The molecule has 2 aromatic rings. The summed E-state index contributed by atoms with van der Waals surface area (Å²) in [6.07, 6.45) is -9.23. The second-order valence-electron chi connectivity index (χ2n) is 22.2. The Morgan fingerprint density at radius 1 is 0.883 bits per heavy atom. The number of hydrogen-bond acceptors (Lipinski definition) is 19. The number of hydrogen-bond donors (Lipinski definition) is 6. The Morgan fingerprint density at radius 2 is 1.55 bits per heavy atom. The number of fused-ring (bicyclic) bond motifs is 1. The number of pyridine rings is 1. The van der Waals surface area contributed by atoms with E-state index in [0.29, 0.717) is 37.3 Å². The lowest BCUT2D eigenvalue weighted by Crippen LogP contribution is -2.62. The molecule has 22 heteroatoms. The average Bonchev–Trinajstić information content (AvgIpc) is 3.38. The van der Waals surface area contributed by atoms with E-state index in [4.69, 9.17) is 42.6 Å². The zero-order valence-corrected chi connectivity index (χ0v) is 47.7. The first-order valence-corrected chi connectivity index (χ1v) is 27.0. The van der Waals surface area contributed by atoms with Crippen LogP contribution < -0.4 is 20.8 Å². The van der Waals surface area contributed by atoms with E-state index in [9.17, 15) is 44.4 Å². The van der Waals surface area contributed by atoms with Gasteiger partial charge in [0.1, 0.15) is 47.1 Å². The maximum Gasteiger partial charge on any atom is 0.407 e. The van der Waals surface area contributed by atoms with Crippen molar-refractivity contribution in [3.8, 4) is 5.75 Å². The number of ketones is 1. The Kier molecular flexibility index (Phi) is 22.1. The number of likely N-dealkylation sites (N-methyl/N-ethyl adjacent to an activating group) is 1. The van der Waals surface area contributed by atoms with Crippen molar-refractivity contribution in [3.05, 3.63) is 40.2 Å². The first kappa shape index (κ1) is 63.5. The Balaban J connectivity index is 1.33. The van der Waals surface area contributed by atoms with Gasteiger partial charge in [0.25, 0.3) is 0 Å². The molecule has 4 heterocycles. The van der Waals surface area contributed by atoms with E-state index in [1.54, 1.807) is 58.2 Å². The van der Waals surface area contributed by atoms with Crippen LogP contribution in [0.15, 0.2) is 29.2 Å². The molecule has 1 aromatic carbocycles. The molecule has 6 N–H and O–H groups in total. The zero-order chi connectivity index (χ0) is 57.5. The number of esters is 1. The lowest BCUT2D eigenvalue weighted by molar-refractivity contribution is -0.319. The molecule has 5 rings (SSSR count). The highest BCUT2D eigenvalue weighted by Crippen LogP contribution is 2.42. The summed E-state index contributed by atoms with van der Waals surface area (Å²) in [5, 5.41) is 50.9. The van der Waals surface area contributed by atoms with Crippen LogP contribution in [0.1, 0.15) is 112 Å². The minimum atomic E-state index is -2.04. The van der Waals surface area contributed by atoms with Crippen molar-refractivity contribution < 1.29 is 82.2 Å². The molecule has 0 aliphatic carbocycles. The molecule has 1 aromatic heterocycles. The molecule has 77 heavy (non-hydrogen) atoms. The Hall–Kier alpha value is -4.33. The zero-order valence-electron chi connectivity index (χ0n) is 47.7. The molecule has 3 aliphatic heterocycles. The third kappa shape index (κ3) is 14.5. The van der Waals surface area contributed by atoms with Crippen LogP contribution in [0.25, 0.3) is 10.9 Å². The standard InChI is InChI=1S/C55H88N4O18/c1-16-40-55(11,68)46(63)31(5)42(60)29(3)26-53(9,69-14)47(76-51-44(62)39(58(12)13)24-30(4)72-51)32(6)45(33(7)50(66)74-40)75-41-27-54(10,70-15)48(34(8)73-41)77-52(67)57-21-20-56-22-23-71-35-18-19-38-36(25-35)43(61)37(49(64)65)28-59(38)17-2/h18-19,25,28-34,39-41,44-48,51,56,62-63,68H,16-17,20-24,26-27H2,1-15H3,(H,57,67)(H,64,65)/t29-,30-,31+,32+,33-,34+,39+,40-,41+,44-,45+,46-,47-,48+,51+,53-,54-,55-/m1/s1. The van der Waals surface area contributed by atoms with Crippen LogP contribution in [-0.4, -0.2) is 193 Å². The van der Waals surface area contributed by atoms with E-state index in [1.165, 1.54) is 40.3 Å². The van der Waals surface area contributed by atoms with Crippen LogP contribution in [0.3, 0.4) is 0 Å². The fraction of sp³-hybridized carbons (Fsp3) is 0.764. The number of carboxylic acids is 1. The third-order valence-electron chi connectivity index (χ3n) is 16.2. The molecule has 18 atom stereocenters. The molecule has 0 saturated carbocycles. The first-order chi connectivity index (χ1) is 36.1. The molecular formula is C55H88N4O18. The number of aromatic carboxylic acids is 1. The van der Waals surface area contributed by atoms with Crippen molar-refractivity contribution in [2.45, 2.75) is 193 Å². The Bertz CT molecular complexity index is 2390. The van der Waals surface area contributed by atoms with Gasteiger partial charge in [-0.25, -0.2) is 9.59 Å². The number of nitrogens with one attached hydrogen (secondary N) is 2. The van der Waals surface area contributed by atoms with Crippen LogP contribution in [0, 0.1) is 23.7 Å². The maximum atomic E-state index is 14.5. The van der Waals surface area contributed by atoms with Gasteiger partial charge in [0.2, 0.25) is 5.43 Å². The summed E-state index contributed by atoms with van der Waals surface area (Å²) in [7, 11) is 6.68. The van der Waals surface area contributed by atoms with Crippen molar-refractivity contribution in [1.29, 1.82) is 0 Å². The van der Waals surface area contributed by atoms with Crippen LogP contribution >= 0.6 is 0 Å². The number of aromatic nitrogens is 1. The Labute approximate surface area is 452 Å². The molecule has 0 spiro atoms. The van der Waals surface area contributed by atoms with Crippen molar-refractivity contribution in [2.24, 2.45) is 23.7 Å². The molecule has 0 unspecified atom stereocenters. The highest BCUT2D eigenvalue weighted by molar-refractivity contribution is 5.93. The summed E-state index contributed by atoms with van der Waals surface area (Å²) in [5.74, 6) is -5.80. The minimum absolute atomic E-state index is 0.00640. The van der Waals surface area contributed by atoms with Crippen molar-refractivity contribution in [3.63, 3.8) is 0 Å². The highest BCUT2D eigenvalue weighted by atomic mass is 16.7. The van der Waals surface area contributed by atoms with Crippen molar-refractivity contribution in [1.82, 2.24) is 20.1 Å². The molecule has 436 valence electrons. The SMILES string of the molecule is CC[C@H]1OC(=O)[C@H](C)[C@@H](O[C@H]2C[C@@](C)(OC)[C@@H](OC(=O)NCCNCCOc3ccc4c(c3)c(=O)c(C(=O)O)cn4CC)[C@H](C)O2)[C@H](C)[C@@H](O[C@@H]2O[C@H](C)C[C@H](N(C)C)[C@H]2O)[C@](C)(OC)C[C@@H](C)C(=O)[C@H](C)[C@@H](O)[C@]1(C)O. The predicted octanol–water partition coefficient (Wildman–Crippen LogP) is 3.88. The van der Waals surface area contributed by atoms with E-state index in [-0.39, 0.29) is 61.3 Å². The fourth-order valence-electron chi connectivity index (χ4n) is 11.4. The van der Waals surface area contributed by atoms with Crippen LogP contribution in [0.5, 0.6) is 5.75 Å². The lowest BCUT2D eigenvalue weighted by Gasteiger charge is -2.50. The van der Waals surface area contributed by atoms with Crippen LogP contribution in [0.4, 0.5) is 4.79 Å². The van der Waals surface area contributed by atoms with Gasteiger partial charge in [-0.05, 0) is 100 Å². The van der Waals surface area contributed by atoms with Gasteiger partial charge < -0.3 is 83.2 Å². The number of carbonyl (C=O) groups is 4. The molecule has 22 nitrogen and oxygen atoms in total. The number of carbonyl (C=O) groups excluding carboxylic acids is 3. The molecule has 3 saturated heterocycles. The number of alkyl carbamates (subject to hydrolysis) is 1. The predicted molar refractivity (Wildman–Crippen MR) is 283 cm³/mol. The summed E-state index contributed by atoms with van der Waals surface area (Å²) in [4.78, 5) is 68.6. The number of amides is 1. The van der Waals surface area contributed by atoms with Crippen molar-refractivity contribution in [2.75, 3.05) is 54.6 Å². The van der Waals surface area contributed by atoms with Crippen molar-refractivity contribution >= 4 is 34.7 Å². The number of ether oxygens (including phenoxy) is 9. The molecule has 3 aliphatic rings. The molecule has 0 bridgehead atoms. The number of Topliss-reactive ketones (excluding diaryl/α,β-unsaturated/α-hetero) is 1. The Morgan fingerprint density at radius 3 is 2.16 bits per heavy atom. The second kappa shape index (κ2) is 26.8. The monoisotopic (exact) mass is 1090 g/mol. The summed E-state index contributed by atoms with van der Waals surface area (Å²) in [6.45, 7) is 20.3. The van der Waals surface area contributed by atoms with Gasteiger partial charge in [0, 0.05) is 76.8 Å². The largest absolute Gasteiger partial charge is 0.492 e. The van der Waals surface area contributed by atoms with Gasteiger partial charge >= 0.3 is 18.0 Å². The van der Waals surface area contributed by atoms with Gasteiger partial charge in [-0.2, -0.15) is 0 Å². The molecular weight excluding hydrogens is 1000 g/mol. The van der Waals surface area contributed by atoms with E-state index >= 15 is 0 Å². The maximum absolute atomic E-state index is 14.5. The van der Waals surface area contributed by atoms with Gasteiger partial charge in [-0.15, -0.1) is 0 Å². The topological polar surface area (TPSA) is 282 Å². The number of aliphatic hydroxyl groups excluding tert-OH is 2.